The van der Waals surface area contributed by atoms with Crippen LogP contribution in [0.3, 0.4) is 0 Å². The topological polar surface area (TPSA) is 9.23 Å². The summed E-state index contributed by atoms with van der Waals surface area (Å²) in [5.74, 6) is 2.81. The van der Waals surface area contributed by atoms with Gasteiger partial charge in [-0.2, -0.15) is 12.6 Å². The zero-order valence-corrected chi connectivity index (χ0v) is 11.6. The Bertz CT molecular complexity index is 305. The molecule has 0 spiro atoms. The maximum absolute atomic E-state index is 5.86. The molecule has 0 aromatic heterocycles. The molecule has 0 saturated heterocycles. The van der Waals surface area contributed by atoms with Crippen LogP contribution >= 0.6 is 12.6 Å². The third-order valence-corrected chi connectivity index (χ3v) is 2.84. The summed E-state index contributed by atoms with van der Waals surface area (Å²) in [6.45, 7) is 9.48. The van der Waals surface area contributed by atoms with E-state index < -0.39 is 0 Å². The van der Waals surface area contributed by atoms with Crippen LogP contribution in [-0.4, -0.2) is 12.4 Å². The predicted molar refractivity (Wildman–Crippen MR) is 74.0 cm³/mol. The molecular weight excluding hydrogens is 216 g/mol. The molecule has 2 heteroatoms. The molecule has 0 fully saturated rings. The molecule has 0 N–H and O–H groups in total. The zero-order valence-electron chi connectivity index (χ0n) is 10.7. The molecule has 0 aliphatic carbocycles. The van der Waals surface area contributed by atoms with Crippen LogP contribution in [0.2, 0.25) is 0 Å². The molecule has 1 rings (SSSR count). The van der Waals surface area contributed by atoms with E-state index in [9.17, 15) is 0 Å². The molecule has 1 aromatic carbocycles. The van der Waals surface area contributed by atoms with E-state index in [4.69, 9.17) is 4.74 Å². The van der Waals surface area contributed by atoms with Crippen LogP contribution in [0.1, 0.15) is 50.7 Å². The molecule has 0 saturated carbocycles. The van der Waals surface area contributed by atoms with E-state index >= 15 is 0 Å². The van der Waals surface area contributed by atoms with Crippen molar-refractivity contribution in [1.29, 1.82) is 0 Å². The lowest BCUT2D eigenvalue weighted by Gasteiger charge is -2.19. The Balaban J connectivity index is 3.12. The highest BCUT2D eigenvalue weighted by molar-refractivity contribution is 7.80. The van der Waals surface area contributed by atoms with Crippen LogP contribution in [0, 0.1) is 0 Å². The summed E-state index contributed by atoms with van der Waals surface area (Å²) < 4.78 is 5.86. The first-order valence-electron chi connectivity index (χ1n) is 5.94. The summed E-state index contributed by atoms with van der Waals surface area (Å²) in [7, 11) is 0. The lowest BCUT2D eigenvalue weighted by molar-refractivity contribution is 0.334. The molecular formula is C14H22OS. The van der Waals surface area contributed by atoms with Gasteiger partial charge in [-0.3, -0.25) is 0 Å². The Hall–Kier alpha value is -0.630. The average molecular weight is 238 g/mol. The molecule has 0 heterocycles. The molecule has 0 amide bonds. The quantitative estimate of drug-likeness (QED) is 0.755. The lowest BCUT2D eigenvalue weighted by atomic mass is 9.94. The summed E-state index contributed by atoms with van der Waals surface area (Å²) in [6.07, 6.45) is 0. The first-order valence-corrected chi connectivity index (χ1v) is 6.57. The first kappa shape index (κ1) is 13.4. The number of hydrogen-bond donors (Lipinski definition) is 1. The Labute approximate surface area is 105 Å². The van der Waals surface area contributed by atoms with Gasteiger partial charge in [0, 0.05) is 5.75 Å². The van der Waals surface area contributed by atoms with Crippen LogP contribution < -0.4 is 4.74 Å². The highest BCUT2D eigenvalue weighted by Gasteiger charge is 2.14. The van der Waals surface area contributed by atoms with Crippen LogP contribution in [0.5, 0.6) is 5.75 Å². The number of rotatable bonds is 5. The number of hydrogen-bond acceptors (Lipinski definition) is 2. The second kappa shape index (κ2) is 6.19. The standard InChI is InChI=1S/C14H22OS/c1-10(2)12-6-5-7-13(11(3)4)14(12)15-8-9-16/h5-7,10-11,16H,8-9H2,1-4H3. The van der Waals surface area contributed by atoms with Crippen molar-refractivity contribution in [3.05, 3.63) is 29.3 Å². The lowest BCUT2D eigenvalue weighted by Crippen LogP contribution is -2.06. The van der Waals surface area contributed by atoms with Gasteiger partial charge in [-0.15, -0.1) is 0 Å². The van der Waals surface area contributed by atoms with E-state index in [2.05, 4.69) is 58.5 Å². The van der Waals surface area contributed by atoms with Gasteiger partial charge in [0.1, 0.15) is 5.75 Å². The molecule has 0 aliphatic rings. The zero-order chi connectivity index (χ0) is 12.1. The van der Waals surface area contributed by atoms with Gasteiger partial charge in [0.2, 0.25) is 0 Å². The van der Waals surface area contributed by atoms with Crippen molar-refractivity contribution < 1.29 is 4.74 Å². The SMILES string of the molecule is CC(C)c1cccc(C(C)C)c1OCCS. The summed E-state index contributed by atoms with van der Waals surface area (Å²) in [5.41, 5.74) is 2.60. The van der Waals surface area contributed by atoms with Crippen LogP contribution in [0.15, 0.2) is 18.2 Å². The molecule has 1 nitrogen and oxygen atoms in total. The number of ether oxygens (including phenoxy) is 1. The van der Waals surface area contributed by atoms with Crippen molar-refractivity contribution in [3.63, 3.8) is 0 Å². The second-order valence-corrected chi connectivity index (χ2v) is 5.09. The highest BCUT2D eigenvalue weighted by Crippen LogP contribution is 2.34. The van der Waals surface area contributed by atoms with E-state index in [1.807, 2.05) is 0 Å². The van der Waals surface area contributed by atoms with Gasteiger partial charge in [-0.1, -0.05) is 45.9 Å². The van der Waals surface area contributed by atoms with E-state index in [0.29, 0.717) is 18.4 Å². The second-order valence-electron chi connectivity index (χ2n) is 4.65. The fourth-order valence-corrected chi connectivity index (χ4v) is 1.89. The summed E-state index contributed by atoms with van der Waals surface area (Å²) in [4.78, 5) is 0. The van der Waals surface area contributed by atoms with Crippen LogP contribution in [-0.2, 0) is 0 Å². The van der Waals surface area contributed by atoms with E-state index in [1.165, 1.54) is 11.1 Å². The minimum absolute atomic E-state index is 0.494. The molecule has 90 valence electrons. The maximum Gasteiger partial charge on any atom is 0.126 e. The first-order chi connectivity index (χ1) is 7.57. The van der Waals surface area contributed by atoms with Gasteiger partial charge >= 0.3 is 0 Å². The molecule has 0 radical (unpaired) electrons. The average Bonchev–Trinajstić information content (AvgIpc) is 2.25. The molecule has 0 bridgehead atoms. The fourth-order valence-electron chi connectivity index (χ4n) is 1.80. The minimum Gasteiger partial charge on any atom is -0.492 e. The normalized spacial score (nSPS) is 11.2. The molecule has 0 atom stereocenters. The van der Waals surface area contributed by atoms with Crippen molar-refractivity contribution >= 4 is 12.6 Å². The Morgan fingerprint density at radius 1 is 1.06 bits per heavy atom. The van der Waals surface area contributed by atoms with Gasteiger partial charge in [-0.05, 0) is 23.0 Å². The molecule has 1 aromatic rings. The van der Waals surface area contributed by atoms with Crippen molar-refractivity contribution in [2.24, 2.45) is 0 Å². The third-order valence-electron chi connectivity index (χ3n) is 2.66. The Morgan fingerprint density at radius 2 is 1.56 bits per heavy atom. The number of benzene rings is 1. The fraction of sp³-hybridized carbons (Fsp3) is 0.571. The van der Waals surface area contributed by atoms with Crippen molar-refractivity contribution in [2.75, 3.05) is 12.4 Å². The Kier molecular flexibility index (Phi) is 5.20. The van der Waals surface area contributed by atoms with Crippen LogP contribution in [0.25, 0.3) is 0 Å². The van der Waals surface area contributed by atoms with E-state index in [1.54, 1.807) is 0 Å². The van der Waals surface area contributed by atoms with Gasteiger partial charge in [0.05, 0.1) is 6.61 Å². The highest BCUT2D eigenvalue weighted by atomic mass is 32.1. The van der Waals surface area contributed by atoms with E-state index in [0.717, 1.165) is 11.5 Å². The maximum atomic E-state index is 5.86. The van der Waals surface area contributed by atoms with Crippen molar-refractivity contribution in [2.45, 2.75) is 39.5 Å². The summed E-state index contributed by atoms with van der Waals surface area (Å²) >= 11 is 4.20. The smallest absolute Gasteiger partial charge is 0.126 e. The predicted octanol–water partition coefficient (Wildman–Crippen LogP) is 4.24. The summed E-state index contributed by atoms with van der Waals surface area (Å²) in [5, 5.41) is 0. The Morgan fingerprint density at radius 3 is 1.94 bits per heavy atom. The minimum atomic E-state index is 0.494. The van der Waals surface area contributed by atoms with Crippen LogP contribution in [0.4, 0.5) is 0 Å². The number of para-hydroxylation sites is 1. The molecule has 16 heavy (non-hydrogen) atoms. The summed E-state index contributed by atoms with van der Waals surface area (Å²) in [6, 6.07) is 6.44. The van der Waals surface area contributed by atoms with Gasteiger partial charge in [0.15, 0.2) is 0 Å². The van der Waals surface area contributed by atoms with Crippen molar-refractivity contribution in [3.8, 4) is 5.75 Å². The van der Waals surface area contributed by atoms with Gasteiger partial charge in [0.25, 0.3) is 0 Å². The van der Waals surface area contributed by atoms with E-state index in [-0.39, 0.29) is 0 Å². The molecule has 0 unspecified atom stereocenters. The van der Waals surface area contributed by atoms with Gasteiger partial charge in [-0.25, -0.2) is 0 Å². The molecule has 0 aliphatic heterocycles. The third kappa shape index (κ3) is 3.18. The largest absolute Gasteiger partial charge is 0.492 e. The van der Waals surface area contributed by atoms with Crippen molar-refractivity contribution in [1.82, 2.24) is 0 Å². The van der Waals surface area contributed by atoms with Gasteiger partial charge < -0.3 is 4.74 Å². The monoisotopic (exact) mass is 238 g/mol. The number of thiol groups is 1.